The van der Waals surface area contributed by atoms with Crippen molar-refractivity contribution in [3.63, 3.8) is 0 Å². The minimum absolute atomic E-state index is 1.24. The third-order valence-electron chi connectivity index (χ3n) is 5.89. The summed E-state index contributed by atoms with van der Waals surface area (Å²) in [6.45, 7) is 14.8. The van der Waals surface area contributed by atoms with Crippen LogP contribution in [0.15, 0.2) is 85.1 Å². The van der Waals surface area contributed by atoms with Crippen molar-refractivity contribution in [1.29, 1.82) is 0 Å². The number of rotatable bonds is 5. The first-order chi connectivity index (χ1) is 14.7. The average Bonchev–Trinajstić information content (AvgIpc) is 3.18. The summed E-state index contributed by atoms with van der Waals surface area (Å²) < 4.78 is 0. The predicted octanol–water partition coefficient (Wildman–Crippen LogP) is 7.55. The summed E-state index contributed by atoms with van der Waals surface area (Å²) in [7, 11) is -3.31. The molecule has 4 rings (SSSR count). The fourth-order valence-corrected chi connectivity index (χ4v) is 8.17. The molecule has 1 aromatic heterocycles. The Labute approximate surface area is 188 Å². The van der Waals surface area contributed by atoms with Gasteiger partial charge in [-0.15, -0.1) is 0 Å². The Morgan fingerprint density at radius 1 is 0.677 bits per heavy atom. The molecule has 0 aliphatic rings. The van der Waals surface area contributed by atoms with Crippen LogP contribution in [0.4, 0.5) is 0 Å². The van der Waals surface area contributed by atoms with E-state index < -0.39 is 16.1 Å². The molecular weight excluding hydrogens is 406 g/mol. The fraction of sp³-hybridized carbons (Fsp3) is 0.214. The highest BCUT2D eigenvalue weighted by Gasteiger charge is 2.30. The normalized spacial score (nSPS) is 13.4. The van der Waals surface area contributed by atoms with Gasteiger partial charge in [0.05, 0.1) is 16.1 Å². The molecule has 0 saturated carbocycles. The number of fused-ring (bicyclic) bond motifs is 1. The number of aromatic amines is 1. The van der Waals surface area contributed by atoms with Gasteiger partial charge in [0.2, 0.25) is 0 Å². The van der Waals surface area contributed by atoms with Crippen molar-refractivity contribution in [3.8, 4) is 0 Å². The van der Waals surface area contributed by atoms with E-state index in [0.29, 0.717) is 0 Å². The van der Waals surface area contributed by atoms with E-state index in [-0.39, 0.29) is 0 Å². The van der Waals surface area contributed by atoms with Gasteiger partial charge in [0, 0.05) is 11.7 Å². The molecule has 0 saturated heterocycles. The standard InChI is InChI=1S/C28H33NSi2/c1-30(2,3)26-20-25-23(17-18-29-25)19-24(26)27(21-13-9-7-10-14-21)28(31(4,5)6)22-15-11-8-12-16-22/h7-20,29H,1-6H3/b28-27-. The molecule has 0 radical (unpaired) electrons. The molecule has 0 bridgehead atoms. The highest BCUT2D eigenvalue weighted by Crippen LogP contribution is 2.38. The van der Waals surface area contributed by atoms with Crippen molar-refractivity contribution < 1.29 is 0 Å². The molecule has 0 aliphatic carbocycles. The lowest BCUT2D eigenvalue weighted by molar-refractivity contribution is 1.47. The quantitative estimate of drug-likeness (QED) is 0.244. The summed E-state index contributed by atoms with van der Waals surface area (Å²) in [6.07, 6.45) is 2.06. The van der Waals surface area contributed by atoms with E-state index >= 15 is 0 Å². The number of hydrogen-bond donors (Lipinski definition) is 1. The molecule has 0 aliphatic heterocycles. The Morgan fingerprint density at radius 2 is 1.26 bits per heavy atom. The third kappa shape index (κ3) is 4.39. The summed E-state index contributed by atoms with van der Waals surface area (Å²) in [4.78, 5) is 3.44. The molecule has 1 nitrogen and oxygen atoms in total. The van der Waals surface area contributed by atoms with Crippen molar-refractivity contribution in [2.45, 2.75) is 39.3 Å². The van der Waals surface area contributed by atoms with E-state index in [4.69, 9.17) is 0 Å². The van der Waals surface area contributed by atoms with Gasteiger partial charge >= 0.3 is 0 Å². The molecule has 3 heteroatoms. The first-order valence-electron chi connectivity index (χ1n) is 11.1. The molecule has 4 aromatic rings. The fourth-order valence-electron chi connectivity index (χ4n) is 4.52. The first kappa shape index (κ1) is 21.6. The van der Waals surface area contributed by atoms with Crippen LogP contribution in [0.3, 0.4) is 0 Å². The van der Waals surface area contributed by atoms with Crippen LogP contribution in [0.2, 0.25) is 39.3 Å². The summed E-state index contributed by atoms with van der Waals surface area (Å²) >= 11 is 0. The lowest BCUT2D eigenvalue weighted by Crippen LogP contribution is -2.40. The van der Waals surface area contributed by atoms with Gasteiger partial charge in [-0.1, -0.05) is 105 Å². The number of nitrogens with one attached hydrogen (secondary N) is 1. The highest BCUT2D eigenvalue weighted by molar-refractivity contribution is 6.95. The smallest absolute Gasteiger partial charge is 0.0792 e. The number of H-pyrrole nitrogens is 1. The molecule has 31 heavy (non-hydrogen) atoms. The average molecular weight is 440 g/mol. The molecule has 158 valence electrons. The van der Waals surface area contributed by atoms with E-state index in [1.54, 1.807) is 0 Å². The van der Waals surface area contributed by atoms with E-state index in [1.807, 2.05) is 0 Å². The van der Waals surface area contributed by atoms with Gasteiger partial charge in [-0.3, -0.25) is 0 Å². The van der Waals surface area contributed by atoms with Crippen LogP contribution in [0.1, 0.15) is 16.7 Å². The van der Waals surface area contributed by atoms with Crippen molar-refractivity contribution in [3.05, 3.63) is 102 Å². The van der Waals surface area contributed by atoms with Gasteiger partial charge in [-0.25, -0.2) is 0 Å². The van der Waals surface area contributed by atoms with Crippen molar-refractivity contribution in [1.82, 2.24) is 4.98 Å². The SMILES string of the molecule is C[Si](C)(C)/C(=C(/c1ccccc1)c1cc2cc[nH]c2cc1[Si](C)(C)C)c1ccccc1. The third-order valence-corrected chi connectivity index (χ3v) is 9.96. The number of aromatic nitrogens is 1. The van der Waals surface area contributed by atoms with Gasteiger partial charge in [-0.05, 0) is 51.0 Å². The highest BCUT2D eigenvalue weighted by atomic mass is 28.3. The topological polar surface area (TPSA) is 15.8 Å². The molecule has 3 aromatic carbocycles. The molecule has 0 fully saturated rings. The maximum absolute atomic E-state index is 3.44. The zero-order chi connectivity index (χ0) is 22.2. The molecule has 0 spiro atoms. The number of hydrogen-bond acceptors (Lipinski definition) is 0. The molecule has 1 N–H and O–H groups in total. The molecule has 1 heterocycles. The van der Waals surface area contributed by atoms with E-state index in [9.17, 15) is 0 Å². The minimum atomic E-state index is -1.70. The van der Waals surface area contributed by atoms with E-state index in [0.717, 1.165) is 0 Å². The lowest BCUT2D eigenvalue weighted by Gasteiger charge is -2.30. The summed E-state index contributed by atoms with van der Waals surface area (Å²) in [6, 6.07) is 29.1. The monoisotopic (exact) mass is 439 g/mol. The largest absolute Gasteiger partial charge is 0.361 e. The molecular formula is C28H33NSi2. The Balaban J connectivity index is 2.19. The van der Waals surface area contributed by atoms with Crippen LogP contribution in [0, 0.1) is 0 Å². The second-order valence-electron chi connectivity index (χ2n) is 10.4. The Bertz CT molecular complexity index is 1220. The Morgan fingerprint density at radius 3 is 1.81 bits per heavy atom. The second-order valence-corrected chi connectivity index (χ2v) is 20.5. The summed E-state index contributed by atoms with van der Waals surface area (Å²) in [5.74, 6) is 0. The van der Waals surface area contributed by atoms with Gasteiger partial charge < -0.3 is 4.98 Å². The maximum Gasteiger partial charge on any atom is 0.0792 e. The molecule has 0 atom stereocenters. The summed E-state index contributed by atoms with van der Waals surface area (Å²) in [5.41, 5.74) is 6.75. The second kappa shape index (κ2) is 8.14. The predicted molar refractivity (Wildman–Crippen MR) is 143 cm³/mol. The Hall–Kier alpha value is -2.63. The summed E-state index contributed by atoms with van der Waals surface area (Å²) in [5, 5.41) is 4.34. The van der Waals surface area contributed by atoms with Crippen LogP contribution in [-0.2, 0) is 0 Å². The zero-order valence-electron chi connectivity index (χ0n) is 19.6. The van der Waals surface area contributed by atoms with Crippen molar-refractivity contribution in [2.75, 3.05) is 0 Å². The van der Waals surface area contributed by atoms with Gasteiger partial charge in [0.15, 0.2) is 0 Å². The van der Waals surface area contributed by atoms with Crippen LogP contribution < -0.4 is 5.19 Å². The van der Waals surface area contributed by atoms with Gasteiger partial charge in [0.1, 0.15) is 0 Å². The van der Waals surface area contributed by atoms with Gasteiger partial charge in [-0.2, -0.15) is 0 Å². The first-order valence-corrected chi connectivity index (χ1v) is 18.1. The van der Waals surface area contributed by atoms with Crippen LogP contribution in [0.25, 0.3) is 21.7 Å². The maximum atomic E-state index is 3.44. The van der Waals surface area contributed by atoms with Crippen LogP contribution in [-0.4, -0.2) is 21.1 Å². The van der Waals surface area contributed by atoms with Crippen molar-refractivity contribution >= 4 is 43.0 Å². The van der Waals surface area contributed by atoms with Crippen LogP contribution >= 0.6 is 0 Å². The molecule has 0 unspecified atom stereocenters. The van der Waals surface area contributed by atoms with Crippen LogP contribution in [0.5, 0.6) is 0 Å². The molecule has 0 amide bonds. The minimum Gasteiger partial charge on any atom is -0.361 e. The van der Waals surface area contributed by atoms with Gasteiger partial charge in [0.25, 0.3) is 0 Å². The lowest BCUT2D eigenvalue weighted by atomic mass is 9.94. The zero-order valence-corrected chi connectivity index (χ0v) is 21.6. The van der Waals surface area contributed by atoms with E-state index in [1.165, 1.54) is 43.5 Å². The Kier molecular flexibility index (Phi) is 5.67. The number of benzene rings is 3. The van der Waals surface area contributed by atoms with E-state index in [2.05, 4.69) is 129 Å². The van der Waals surface area contributed by atoms with Crippen molar-refractivity contribution in [2.24, 2.45) is 0 Å².